The van der Waals surface area contributed by atoms with Gasteiger partial charge in [0.15, 0.2) is 0 Å². The summed E-state index contributed by atoms with van der Waals surface area (Å²) in [5.41, 5.74) is 7.66. The highest BCUT2D eigenvalue weighted by atomic mass is 16.5. The molecule has 0 atom stereocenters. The molecule has 20 heavy (non-hydrogen) atoms. The highest BCUT2D eigenvalue weighted by Gasteiger charge is 2.01. The smallest absolute Gasteiger partial charge is 0.121 e. The molecule has 4 heteroatoms. The van der Waals surface area contributed by atoms with Crippen LogP contribution in [0.5, 0.6) is 5.75 Å². The van der Waals surface area contributed by atoms with Crippen LogP contribution < -0.4 is 10.5 Å². The monoisotopic (exact) mass is 271 g/mol. The normalized spacial score (nSPS) is 10.7. The van der Waals surface area contributed by atoms with E-state index in [0.717, 1.165) is 30.9 Å². The fraction of sp³-hybridized carbons (Fsp3) is 0.312. The zero-order valence-electron chi connectivity index (χ0n) is 11.8. The first-order valence-electron chi connectivity index (χ1n) is 6.80. The SMILES string of the molecule is CN(CCCOc1cccc(N)c1)Cc1cccnc1. The molecule has 1 aromatic carbocycles. The van der Waals surface area contributed by atoms with Gasteiger partial charge in [-0.05, 0) is 37.2 Å². The molecule has 106 valence electrons. The zero-order valence-corrected chi connectivity index (χ0v) is 11.8. The Morgan fingerprint density at radius 3 is 2.90 bits per heavy atom. The number of anilines is 1. The van der Waals surface area contributed by atoms with Crippen LogP contribution in [0.15, 0.2) is 48.8 Å². The predicted octanol–water partition coefficient (Wildman–Crippen LogP) is 2.56. The topological polar surface area (TPSA) is 51.4 Å². The fourth-order valence-electron chi connectivity index (χ4n) is 2.01. The van der Waals surface area contributed by atoms with Gasteiger partial charge in [-0.15, -0.1) is 0 Å². The first kappa shape index (κ1) is 14.3. The molecule has 0 aliphatic carbocycles. The van der Waals surface area contributed by atoms with E-state index >= 15 is 0 Å². The summed E-state index contributed by atoms with van der Waals surface area (Å²) in [5, 5.41) is 0. The molecule has 0 spiro atoms. The van der Waals surface area contributed by atoms with Crippen LogP contribution >= 0.6 is 0 Å². The molecule has 1 aromatic heterocycles. The van der Waals surface area contributed by atoms with Gasteiger partial charge in [0.2, 0.25) is 0 Å². The van der Waals surface area contributed by atoms with E-state index in [1.165, 1.54) is 5.56 Å². The van der Waals surface area contributed by atoms with Gasteiger partial charge in [0.1, 0.15) is 5.75 Å². The molecule has 0 aliphatic rings. The number of nitrogens with two attached hydrogens (primary N) is 1. The number of hydrogen-bond donors (Lipinski definition) is 1. The second-order valence-electron chi connectivity index (χ2n) is 4.87. The Kier molecular flexibility index (Phi) is 5.38. The van der Waals surface area contributed by atoms with Crippen molar-refractivity contribution in [2.45, 2.75) is 13.0 Å². The van der Waals surface area contributed by atoms with Crippen LogP contribution in [0.1, 0.15) is 12.0 Å². The minimum absolute atomic E-state index is 0.695. The van der Waals surface area contributed by atoms with Gasteiger partial charge in [0.05, 0.1) is 6.61 Å². The Labute approximate surface area is 120 Å². The molecule has 2 rings (SSSR count). The molecule has 0 saturated carbocycles. The molecule has 0 unspecified atom stereocenters. The second kappa shape index (κ2) is 7.50. The average Bonchev–Trinajstić information content (AvgIpc) is 2.45. The van der Waals surface area contributed by atoms with Crippen LogP contribution in [0.3, 0.4) is 0 Å². The quantitative estimate of drug-likeness (QED) is 0.621. The number of benzene rings is 1. The van der Waals surface area contributed by atoms with Crippen molar-refractivity contribution in [2.24, 2.45) is 0 Å². The van der Waals surface area contributed by atoms with Crippen LogP contribution in [0.25, 0.3) is 0 Å². The minimum Gasteiger partial charge on any atom is -0.493 e. The van der Waals surface area contributed by atoms with E-state index in [2.05, 4.69) is 23.0 Å². The maximum absolute atomic E-state index is 5.70. The van der Waals surface area contributed by atoms with E-state index in [0.29, 0.717) is 6.61 Å². The highest BCUT2D eigenvalue weighted by Crippen LogP contribution is 2.14. The predicted molar refractivity (Wildman–Crippen MR) is 81.5 cm³/mol. The number of hydrogen-bond acceptors (Lipinski definition) is 4. The summed E-state index contributed by atoms with van der Waals surface area (Å²) in [5.74, 6) is 0.833. The first-order valence-corrected chi connectivity index (χ1v) is 6.80. The van der Waals surface area contributed by atoms with E-state index < -0.39 is 0 Å². The summed E-state index contributed by atoms with van der Waals surface area (Å²) in [4.78, 5) is 6.38. The summed E-state index contributed by atoms with van der Waals surface area (Å²) in [6.07, 6.45) is 4.67. The van der Waals surface area contributed by atoms with Crippen molar-refractivity contribution < 1.29 is 4.74 Å². The Bertz CT molecular complexity index is 516. The Morgan fingerprint density at radius 1 is 1.25 bits per heavy atom. The maximum atomic E-state index is 5.70. The Morgan fingerprint density at radius 2 is 2.15 bits per heavy atom. The van der Waals surface area contributed by atoms with Crippen LogP contribution in [0.2, 0.25) is 0 Å². The third-order valence-electron chi connectivity index (χ3n) is 2.99. The third-order valence-corrected chi connectivity index (χ3v) is 2.99. The zero-order chi connectivity index (χ0) is 14.2. The standard InChI is InChI=1S/C16H21N3O/c1-19(13-14-5-3-8-18-12-14)9-4-10-20-16-7-2-6-15(17)11-16/h2-3,5-8,11-12H,4,9-10,13,17H2,1H3. The van der Waals surface area contributed by atoms with E-state index in [9.17, 15) is 0 Å². The highest BCUT2D eigenvalue weighted by molar-refractivity contribution is 5.43. The lowest BCUT2D eigenvalue weighted by molar-refractivity contribution is 0.259. The molecule has 0 saturated heterocycles. The molecule has 0 amide bonds. The van der Waals surface area contributed by atoms with Crippen molar-refractivity contribution in [3.05, 3.63) is 54.4 Å². The average molecular weight is 271 g/mol. The Balaban J connectivity index is 1.66. The third kappa shape index (κ3) is 4.90. The van der Waals surface area contributed by atoms with E-state index in [-0.39, 0.29) is 0 Å². The lowest BCUT2D eigenvalue weighted by Gasteiger charge is -2.16. The fourth-order valence-corrected chi connectivity index (χ4v) is 2.01. The van der Waals surface area contributed by atoms with Crippen molar-refractivity contribution >= 4 is 5.69 Å². The summed E-state index contributed by atoms with van der Waals surface area (Å²) in [7, 11) is 2.10. The van der Waals surface area contributed by atoms with E-state index in [1.807, 2.05) is 36.5 Å². The van der Waals surface area contributed by atoms with E-state index in [1.54, 1.807) is 6.20 Å². The number of pyridine rings is 1. The second-order valence-corrected chi connectivity index (χ2v) is 4.87. The van der Waals surface area contributed by atoms with Crippen LogP contribution in [-0.2, 0) is 6.54 Å². The summed E-state index contributed by atoms with van der Waals surface area (Å²) < 4.78 is 5.67. The van der Waals surface area contributed by atoms with Gasteiger partial charge in [-0.2, -0.15) is 0 Å². The van der Waals surface area contributed by atoms with Crippen molar-refractivity contribution in [1.82, 2.24) is 9.88 Å². The van der Waals surface area contributed by atoms with Crippen molar-refractivity contribution in [3.63, 3.8) is 0 Å². The summed E-state index contributed by atoms with van der Waals surface area (Å²) >= 11 is 0. The van der Waals surface area contributed by atoms with Crippen molar-refractivity contribution in [3.8, 4) is 5.75 Å². The van der Waals surface area contributed by atoms with Crippen molar-refractivity contribution in [1.29, 1.82) is 0 Å². The molecular formula is C16H21N3O. The van der Waals surface area contributed by atoms with Crippen LogP contribution in [-0.4, -0.2) is 30.1 Å². The number of aromatic nitrogens is 1. The molecule has 0 fully saturated rings. The molecule has 4 nitrogen and oxygen atoms in total. The van der Waals surface area contributed by atoms with Gasteiger partial charge in [-0.25, -0.2) is 0 Å². The van der Waals surface area contributed by atoms with Crippen LogP contribution in [0.4, 0.5) is 5.69 Å². The van der Waals surface area contributed by atoms with Gasteiger partial charge >= 0.3 is 0 Å². The number of rotatable bonds is 7. The molecule has 2 N–H and O–H groups in total. The van der Waals surface area contributed by atoms with Gasteiger partial charge in [0, 0.05) is 37.2 Å². The van der Waals surface area contributed by atoms with Gasteiger partial charge in [-0.3, -0.25) is 4.98 Å². The van der Waals surface area contributed by atoms with Crippen LogP contribution in [0, 0.1) is 0 Å². The summed E-state index contributed by atoms with van der Waals surface area (Å²) in [6, 6.07) is 11.6. The number of nitrogens with zero attached hydrogens (tertiary/aromatic N) is 2. The van der Waals surface area contributed by atoms with Crippen molar-refractivity contribution in [2.75, 3.05) is 25.9 Å². The molecule has 0 radical (unpaired) electrons. The first-order chi connectivity index (χ1) is 9.74. The number of nitrogen functional groups attached to an aromatic ring is 1. The van der Waals surface area contributed by atoms with Gasteiger partial charge in [-0.1, -0.05) is 12.1 Å². The molecular weight excluding hydrogens is 250 g/mol. The summed E-state index contributed by atoms with van der Waals surface area (Å²) in [6.45, 7) is 2.59. The largest absolute Gasteiger partial charge is 0.493 e. The van der Waals surface area contributed by atoms with E-state index in [4.69, 9.17) is 10.5 Å². The lowest BCUT2D eigenvalue weighted by Crippen LogP contribution is -2.20. The lowest BCUT2D eigenvalue weighted by atomic mass is 10.2. The molecule has 2 aromatic rings. The minimum atomic E-state index is 0.695. The number of ether oxygens (including phenoxy) is 1. The Hall–Kier alpha value is -2.07. The molecule has 1 heterocycles. The van der Waals surface area contributed by atoms with Gasteiger partial charge in [0.25, 0.3) is 0 Å². The maximum Gasteiger partial charge on any atom is 0.121 e. The molecule has 0 aliphatic heterocycles. The van der Waals surface area contributed by atoms with Gasteiger partial charge < -0.3 is 15.4 Å². The molecule has 0 bridgehead atoms.